The van der Waals surface area contributed by atoms with E-state index in [4.69, 9.17) is 21.1 Å². The molecule has 0 aliphatic carbocycles. The highest BCUT2D eigenvalue weighted by Crippen LogP contribution is 2.41. The summed E-state index contributed by atoms with van der Waals surface area (Å²) in [6, 6.07) is 4.10. The fourth-order valence-electron chi connectivity index (χ4n) is 3.98. The maximum absolute atomic E-state index is 11.6. The van der Waals surface area contributed by atoms with Crippen molar-refractivity contribution in [3.8, 4) is 11.5 Å². The van der Waals surface area contributed by atoms with Crippen LogP contribution in [0.15, 0.2) is 12.1 Å². The molecule has 4 atom stereocenters. The Hall–Kier alpha value is -1.46. The molecule has 5 nitrogen and oxygen atoms in total. The second-order valence-electron chi connectivity index (χ2n) is 6.65. The molecular weight excluding hydrogens is 318 g/mol. The summed E-state index contributed by atoms with van der Waals surface area (Å²) in [4.78, 5) is 13.8. The number of piperidine rings is 1. The van der Waals surface area contributed by atoms with E-state index in [1.807, 2.05) is 26.0 Å². The van der Waals surface area contributed by atoms with E-state index in [2.05, 4.69) is 11.8 Å². The maximum Gasteiger partial charge on any atom is 0.308 e. The third kappa shape index (κ3) is 3.00. The van der Waals surface area contributed by atoms with Crippen molar-refractivity contribution in [2.24, 2.45) is 11.8 Å². The van der Waals surface area contributed by atoms with Gasteiger partial charge >= 0.3 is 5.97 Å². The molecule has 0 aromatic heterocycles. The lowest BCUT2D eigenvalue weighted by molar-refractivity contribution is -0.150. The maximum atomic E-state index is 11.6. The molecule has 1 aromatic rings. The number of hydrogen-bond donors (Lipinski definition) is 1. The number of benzene rings is 1. The molecule has 0 bridgehead atoms. The molecular formula is C17H22ClNO4. The molecule has 4 unspecified atom stereocenters. The van der Waals surface area contributed by atoms with E-state index in [-0.39, 0.29) is 24.7 Å². The zero-order valence-corrected chi connectivity index (χ0v) is 14.3. The van der Waals surface area contributed by atoms with Gasteiger partial charge in [-0.1, -0.05) is 18.5 Å². The van der Waals surface area contributed by atoms with Gasteiger partial charge < -0.3 is 14.6 Å². The normalized spacial score (nSPS) is 30.4. The first-order valence-electron chi connectivity index (χ1n) is 7.95. The lowest BCUT2D eigenvalue weighted by Gasteiger charge is -2.45. The topological polar surface area (TPSA) is 59.0 Å². The zero-order valence-electron chi connectivity index (χ0n) is 13.6. The number of carbonyl (C=O) groups is 1. The summed E-state index contributed by atoms with van der Waals surface area (Å²) in [5.74, 6) is 0.357. The lowest BCUT2D eigenvalue weighted by Crippen LogP contribution is -2.53. The van der Waals surface area contributed by atoms with Crippen LogP contribution in [-0.2, 0) is 11.3 Å². The monoisotopic (exact) mass is 339 g/mol. The largest absolute Gasteiger partial charge is 0.481 e. The Balaban J connectivity index is 1.84. The SMILES string of the molecule is CC1CC(C)N(Cc2cc(Cl)c3c(c2)OCO3)C(C)C1C(=O)O. The van der Waals surface area contributed by atoms with Gasteiger partial charge in [-0.2, -0.15) is 0 Å². The number of likely N-dealkylation sites (tertiary alicyclic amines) is 1. The third-order valence-electron chi connectivity index (χ3n) is 5.07. The van der Waals surface area contributed by atoms with E-state index in [0.717, 1.165) is 12.0 Å². The summed E-state index contributed by atoms with van der Waals surface area (Å²) in [6.07, 6.45) is 0.875. The fourth-order valence-corrected chi connectivity index (χ4v) is 4.26. The van der Waals surface area contributed by atoms with Crippen LogP contribution >= 0.6 is 11.6 Å². The number of carboxylic acid groups (broad SMARTS) is 1. The van der Waals surface area contributed by atoms with Gasteiger partial charge in [0, 0.05) is 18.6 Å². The van der Waals surface area contributed by atoms with Gasteiger partial charge in [0.2, 0.25) is 6.79 Å². The molecule has 1 saturated heterocycles. The minimum absolute atomic E-state index is 0.0320. The van der Waals surface area contributed by atoms with Gasteiger partial charge in [-0.15, -0.1) is 0 Å². The molecule has 6 heteroatoms. The minimum atomic E-state index is -0.717. The van der Waals surface area contributed by atoms with Crippen molar-refractivity contribution in [3.05, 3.63) is 22.7 Å². The average molecular weight is 340 g/mol. The molecule has 0 amide bonds. The van der Waals surface area contributed by atoms with Gasteiger partial charge in [-0.05, 0) is 43.9 Å². The Morgan fingerprint density at radius 3 is 2.78 bits per heavy atom. The number of carboxylic acids is 1. The van der Waals surface area contributed by atoms with Crippen LogP contribution in [-0.4, -0.2) is 34.9 Å². The molecule has 1 fully saturated rings. The molecule has 3 rings (SSSR count). The first kappa shape index (κ1) is 16.4. The van der Waals surface area contributed by atoms with Crippen LogP contribution in [0.4, 0.5) is 0 Å². The molecule has 0 saturated carbocycles. The van der Waals surface area contributed by atoms with E-state index in [1.54, 1.807) is 0 Å². The van der Waals surface area contributed by atoms with Crippen LogP contribution in [0.3, 0.4) is 0 Å². The standard InChI is InChI=1S/C17H22ClNO4/c1-9-4-10(2)19(11(3)15(9)17(20)21)7-12-5-13(18)16-14(6-12)22-8-23-16/h5-6,9-11,15H,4,7-8H2,1-3H3,(H,20,21). The smallest absolute Gasteiger partial charge is 0.308 e. The highest BCUT2D eigenvalue weighted by Gasteiger charge is 2.41. The number of fused-ring (bicyclic) bond motifs is 1. The summed E-state index contributed by atoms with van der Waals surface area (Å²) in [6.45, 7) is 7.02. The second kappa shape index (κ2) is 6.21. The predicted octanol–water partition coefficient (Wildman–Crippen LogP) is 3.39. The van der Waals surface area contributed by atoms with E-state index in [0.29, 0.717) is 29.1 Å². The van der Waals surface area contributed by atoms with Crippen molar-refractivity contribution in [2.45, 2.75) is 45.8 Å². The Morgan fingerprint density at radius 1 is 1.35 bits per heavy atom. The van der Waals surface area contributed by atoms with Gasteiger partial charge in [0.15, 0.2) is 11.5 Å². The first-order valence-corrected chi connectivity index (χ1v) is 8.33. The van der Waals surface area contributed by atoms with Crippen LogP contribution in [0.2, 0.25) is 5.02 Å². The number of hydrogen-bond acceptors (Lipinski definition) is 4. The highest BCUT2D eigenvalue weighted by atomic mass is 35.5. The number of ether oxygens (including phenoxy) is 2. The highest BCUT2D eigenvalue weighted by molar-refractivity contribution is 6.32. The predicted molar refractivity (Wildman–Crippen MR) is 86.9 cm³/mol. The molecule has 0 spiro atoms. The van der Waals surface area contributed by atoms with Crippen molar-refractivity contribution < 1.29 is 19.4 Å². The molecule has 126 valence electrons. The van der Waals surface area contributed by atoms with E-state index in [9.17, 15) is 9.90 Å². The quantitative estimate of drug-likeness (QED) is 0.914. The fraction of sp³-hybridized carbons (Fsp3) is 0.588. The molecule has 23 heavy (non-hydrogen) atoms. The van der Waals surface area contributed by atoms with Crippen LogP contribution in [0.5, 0.6) is 11.5 Å². The van der Waals surface area contributed by atoms with Crippen LogP contribution in [0, 0.1) is 11.8 Å². The summed E-state index contributed by atoms with van der Waals surface area (Å²) < 4.78 is 10.8. The number of nitrogens with zero attached hydrogens (tertiary/aromatic N) is 1. The van der Waals surface area contributed by atoms with E-state index < -0.39 is 5.97 Å². The lowest BCUT2D eigenvalue weighted by atomic mass is 9.78. The summed E-state index contributed by atoms with van der Waals surface area (Å²) >= 11 is 6.25. The average Bonchev–Trinajstić information content (AvgIpc) is 2.91. The van der Waals surface area contributed by atoms with Crippen LogP contribution in [0.25, 0.3) is 0 Å². The van der Waals surface area contributed by atoms with Crippen LogP contribution in [0.1, 0.15) is 32.8 Å². The van der Waals surface area contributed by atoms with Crippen molar-refractivity contribution in [2.75, 3.05) is 6.79 Å². The molecule has 0 radical (unpaired) electrons. The van der Waals surface area contributed by atoms with Crippen LogP contribution < -0.4 is 9.47 Å². The van der Waals surface area contributed by atoms with Gasteiger partial charge in [-0.25, -0.2) is 0 Å². The van der Waals surface area contributed by atoms with E-state index >= 15 is 0 Å². The minimum Gasteiger partial charge on any atom is -0.481 e. The summed E-state index contributed by atoms with van der Waals surface area (Å²) in [5, 5.41) is 10.1. The Labute approximate surface area is 141 Å². The van der Waals surface area contributed by atoms with Gasteiger partial charge in [-0.3, -0.25) is 9.69 Å². The molecule has 1 aromatic carbocycles. The van der Waals surface area contributed by atoms with E-state index in [1.165, 1.54) is 0 Å². The summed E-state index contributed by atoms with van der Waals surface area (Å²) in [5.41, 5.74) is 1.01. The third-order valence-corrected chi connectivity index (χ3v) is 5.35. The van der Waals surface area contributed by atoms with Gasteiger partial charge in [0.25, 0.3) is 0 Å². The summed E-state index contributed by atoms with van der Waals surface area (Å²) in [7, 11) is 0. The van der Waals surface area contributed by atoms with Crippen molar-refractivity contribution in [1.82, 2.24) is 4.90 Å². The number of rotatable bonds is 3. The number of aliphatic carboxylic acids is 1. The Kier molecular flexibility index (Phi) is 4.43. The Bertz CT molecular complexity index is 621. The van der Waals surface area contributed by atoms with Crippen molar-refractivity contribution in [3.63, 3.8) is 0 Å². The van der Waals surface area contributed by atoms with Crippen molar-refractivity contribution >= 4 is 17.6 Å². The second-order valence-corrected chi connectivity index (χ2v) is 7.06. The zero-order chi connectivity index (χ0) is 16.7. The first-order chi connectivity index (χ1) is 10.9. The van der Waals surface area contributed by atoms with Gasteiger partial charge in [0.05, 0.1) is 10.9 Å². The van der Waals surface area contributed by atoms with Crippen molar-refractivity contribution in [1.29, 1.82) is 0 Å². The Morgan fingerprint density at radius 2 is 2.09 bits per heavy atom. The molecule has 2 aliphatic heterocycles. The molecule has 1 N–H and O–H groups in total. The molecule has 2 aliphatic rings. The van der Waals surface area contributed by atoms with Gasteiger partial charge in [0.1, 0.15) is 0 Å². The number of halogens is 1. The molecule has 2 heterocycles.